The molecule has 0 amide bonds. The van der Waals surface area contributed by atoms with Crippen LogP contribution in [0.15, 0.2) is 243 Å². The van der Waals surface area contributed by atoms with Crippen molar-refractivity contribution in [2.45, 2.75) is 5.41 Å². The van der Waals surface area contributed by atoms with Crippen molar-refractivity contribution >= 4 is 43.6 Å². The van der Waals surface area contributed by atoms with Crippen molar-refractivity contribution in [3.63, 3.8) is 0 Å². The highest BCUT2D eigenvalue weighted by Crippen LogP contribution is 2.63. The van der Waals surface area contributed by atoms with Gasteiger partial charge in [-0.05, 0) is 127 Å². The number of rotatable bonds is 5. The fourth-order valence-electron chi connectivity index (χ4n) is 12.5. The first-order valence-corrected chi connectivity index (χ1v) is 24.2. The van der Waals surface area contributed by atoms with Gasteiger partial charge in [-0.2, -0.15) is 5.26 Å². The minimum atomic E-state index is -0.506. The number of pyridine rings is 1. The number of benzene rings is 10. The van der Waals surface area contributed by atoms with Crippen LogP contribution in [0.5, 0.6) is 0 Å². The lowest BCUT2D eigenvalue weighted by atomic mass is 9.70. The molecule has 15 rings (SSSR count). The van der Waals surface area contributed by atoms with E-state index in [1.165, 1.54) is 66.4 Å². The largest absolute Gasteiger partial charge is 0.309 e. The van der Waals surface area contributed by atoms with Gasteiger partial charge in [0.15, 0.2) is 0 Å². The first kappa shape index (κ1) is 39.4. The Bertz CT molecular complexity index is 4370. The van der Waals surface area contributed by atoms with Crippen LogP contribution in [-0.4, -0.2) is 14.1 Å². The molecule has 2 aliphatic carbocycles. The SMILES string of the molecule is N#Cc1c(-c2ccc3c(c2)-c2ccccc2C32c3ccccc3-c3cnccc32)cc(-n2c3ccccc3c3cc(-c4ccccc4)ccc32)cc1-n1c2ccccc2c2cc(-c3ccccc3)ccc21. The highest BCUT2D eigenvalue weighted by molar-refractivity contribution is 6.12. The Morgan fingerprint density at radius 1 is 0.352 bits per heavy atom. The Morgan fingerprint density at radius 2 is 0.859 bits per heavy atom. The van der Waals surface area contributed by atoms with Crippen LogP contribution in [-0.2, 0) is 5.41 Å². The maximum atomic E-state index is 11.8. The van der Waals surface area contributed by atoms with Crippen LogP contribution in [0.2, 0.25) is 0 Å². The maximum absolute atomic E-state index is 11.8. The molecule has 0 fully saturated rings. The predicted molar refractivity (Wildman–Crippen MR) is 290 cm³/mol. The monoisotopic (exact) mass is 900 g/mol. The molecule has 328 valence electrons. The predicted octanol–water partition coefficient (Wildman–Crippen LogP) is 16.5. The lowest BCUT2D eigenvalue weighted by molar-refractivity contribution is 0.792. The van der Waals surface area contributed by atoms with Crippen LogP contribution in [0.1, 0.15) is 27.8 Å². The van der Waals surface area contributed by atoms with Crippen molar-refractivity contribution in [1.29, 1.82) is 5.26 Å². The van der Waals surface area contributed by atoms with E-state index in [1.54, 1.807) is 0 Å². The Balaban J connectivity index is 1.03. The molecule has 71 heavy (non-hydrogen) atoms. The number of hydrogen-bond donors (Lipinski definition) is 0. The number of fused-ring (bicyclic) bond motifs is 16. The van der Waals surface area contributed by atoms with E-state index < -0.39 is 5.41 Å². The average molecular weight is 901 g/mol. The third-order valence-corrected chi connectivity index (χ3v) is 15.5. The van der Waals surface area contributed by atoms with Gasteiger partial charge < -0.3 is 9.13 Å². The Kier molecular flexibility index (Phi) is 8.31. The van der Waals surface area contributed by atoms with Crippen molar-refractivity contribution in [1.82, 2.24) is 14.1 Å². The van der Waals surface area contributed by atoms with Gasteiger partial charge in [-0.3, -0.25) is 4.98 Å². The first-order chi connectivity index (χ1) is 35.2. The molecule has 0 radical (unpaired) electrons. The van der Waals surface area contributed by atoms with Crippen LogP contribution in [0.3, 0.4) is 0 Å². The summed E-state index contributed by atoms with van der Waals surface area (Å²) >= 11 is 0. The fraction of sp³-hybridized carbons (Fsp3) is 0.0149. The van der Waals surface area contributed by atoms with Gasteiger partial charge in [-0.15, -0.1) is 0 Å². The third kappa shape index (κ3) is 5.46. The molecule has 1 unspecified atom stereocenters. The summed E-state index contributed by atoms with van der Waals surface area (Å²) in [5.74, 6) is 0. The van der Waals surface area contributed by atoms with Crippen molar-refractivity contribution < 1.29 is 0 Å². The molecule has 0 N–H and O–H groups in total. The van der Waals surface area contributed by atoms with E-state index in [4.69, 9.17) is 0 Å². The van der Waals surface area contributed by atoms with E-state index in [0.717, 1.165) is 66.5 Å². The summed E-state index contributed by atoms with van der Waals surface area (Å²) in [4.78, 5) is 4.63. The molecule has 1 atom stereocenters. The van der Waals surface area contributed by atoms with Gasteiger partial charge in [0.1, 0.15) is 6.07 Å². The summed E-state index contributed by atoms with van der Waals surface area (Å²) in [6.45, 7) is 0. The zero-order valence-corrected chi connectivity index (χ0v) is 38.4. The lowest BCUT2D eigenvalue weighted by Gasteiger charge is -2.30. The molecule has 4 heteroatoms. The Morgan fingerprint density at radius 3 is 1.51 bits per heavy atom. The second-order valence-corrected chi connectivity index (χ2v) is 18.9. The lowest BCUT2D eigenvalue weighted by Crippen LogP contribution is -2.25. The molecule has 0 saturated heterocycles. The number of aromatic nitrogens is 3. The highest BCUT2D eigenvalue weighted by Gasteiger charge is 2.51. The van der Waals surface area contributed by atoms with E-state index in [1.807, 2.05) is 12.4 Å². The van der Waals surface area contributed by atoms with Gasteiger partial charge in [-0.1, -0.05) is 170 Å². The zero-order valence-electron chi connectivity index (χ0n) is 38.4. The second kappa shape index (κ2) is 15.0. The van der Waals surface area contributed by atoms with Gasteiger partial charge >= 0.3 is 0 Å². The molecule has 13 aromatic rings. The number of nitriles is 1. The van der Waals surface area contributed by atoms with Gasteiger partial charge in [0.25, 0.3) is 0 Å². The molecule has 10 aromatic carbocycles. The first-order valence-electron chi connectivity index (χ1n) is 24.2. The van der Waals surface area contributed by atoms with Crippen molar-refractivity contribution in [3.8, 4) is 73.1 Å². The van der Waals surface area contributed by atoms with Crippen LogP contribution in [0, 0.1) is 11.3 Å². The number of nitrogens with zero attached hydrogens (tertiary/aromatic N) is 4. The standard InChI is InChI=1S/C67H40N4/c68-40-56-52(46-27-30-60-53(37-46)48-19-7-11-23-58(48)67(60)59-24-12-8-20-49(59)57-41-69-34-33-61(57)67)38-47(70-62-25-13-9-21-50(62)54-35-44(28-31-64(54)70)42-15-3-1-4-16-42)39-66(56)71-63-26-14-10-22-51(63)55-36-45(29-32-65(55)71)43-17-5-2-6-18-43/h1-39,41H. The smallest absolute Gasteiger partial charge is 0.102 e. The zero-order chi connectivity index (χ0) is 46.8. The van der Waals surface area contributed by atoms with Crippen molar-refractivity contribution in [2.24, 2.45) is 0 Å². The van der Waals surface area contributed by atoms with Gasteiger partial charge in [0.05, 0.1) is 38.7 Å². The van der Waals surface area contributed by atoms with Crippen molar-refractivity contribution in [2.75, 3.05) is 0 Å². The Labute approximate surface area is 410 Å². The number of hydrogen-bond acceptors (Lipinski definition) is 2. The van der Waals surface area contributed by atoms with Gasteiger partial charge in [0, 0.05) is 50.8 Å². The molecule has 3 aromatic heterocycles. The summed E-state index contributed by atoms with van der Waals surface area (Å²) in [6.07, 6.45) is 3.96. The topological polar surface area (TPSA) is 46.5 Å². The Hall–Kier alpha value is -9.56. The summed E-state index contributed by atoms with van der Waals surface area (Å²) < 4.78 is 4.72. The molecule has 2 aliphatic rings. The minimum Gasteiger partial charge on any atom is -0.309 e. The third-order valence-electron chi connectivity index (χ3n) is 15.5. The van der Waals surface area contributed by atoms with Crippen LogP contribution in [0.4, 0.5) is 0 Å². The van der Waals surface area contributed by atoms with E-state index >= 15 is 0 Å². The van der Waals surface area contributed by atoms with Crippen molar-refractivity contribution in [3.05, 3.63) is 271 Å². The summed E-state index contributed by atoms with van der Waals surface area (Å²) in [5.41, 5.74) is 22.5. The number of para-hydroxylation sites is 2. The molecular formula is C67H40N4. The molecule has 0 aliphatic heterocycles. The highest BCUT2D eigenvalue weighted by atomic mass is 15.0. The summed E-state index contributed by atoms with van der Waals surface area (Å²) in [6, 6.07) is 86.3. The fourth-order valence-corrected chi connectivity index (χ4v) is 12.5. The van der Waals surface area contributed by atoms with Gasteiger partial charge in [-0.25, -0.2) is 0 Å². The van der Waals surface area contributed by atoms with E-state index in [2.05, 4.69) is 251 Å². The van der Waals surface area contributed by atoms with E-state index in [9.17, 15) is 5.26 Å². The molecular weight excluding hydrogens is 861 g/mol. The molecule has 0 saturated carbocycles. The second-order valence-electron chi connectivity index (χ2n) is 18.9. The molecule has 0 bridgehead atoms. The van der Waals surface area contributed by atoms with E-state index in [-0.39, 0.29) is 0 Å². The quantitative estimate of drug-likeness (QED) is 0.173. The van der Waals surface area contributed by atoms with Gasteiger partial charge in [0.2, 0.25) is 0 Å². The average Bonchev–Trinajstić information content (AvgIpc) is 4.15. The van der Waals surface area contributed by atoms with Crippen LogP contribution in [0.25, 0.3) is 111 Å². The van der Waals surface area contributed by atoms with E-state index in [0.29, 0.717) is 5.56 Å². The summed E-state index contributed by atoms with van der Waals surface area (Å²) in [7, 11) is 0. The molecule has 3 heterocycles. The minimum absolute atomic E-state index is 0.506. The molecule has 1 spiro atoms. The molecule has 4 nitrogen and oxygen atoms in total. The maximum Gasteiger partial charge on any atom is 0.102 e. The normalized spacial score (nSPS) is 14.2. The van der Waals surface area contributed by atoms with Crippen LogP contribution < -0.4 is 0 Å². The van der Waals surface area contributed by atoms with Crippen LogP contribution >= 0.6 is 0 Å². The summed E-state index contributed by atoms with van der Waals surface area (Å²) in [5, 5.41) is 16.4.